The summed E-state index contributed by atoms with van der Waals surface area (Å²) in [5.41, 5.74) is 5.29. The van der Waals surface area contributed by atoms with Crippen LogP contribution in [-0.4, -0.2) is 54.3 Å². The van der Waals surface area contributed by atoms with E-state index in [9.17, 15) is 9.59 Å². The minimum atomic E-state index is -0.00293. The summed E-state index contributed by atoms with van der Waals surface area (Å²) < 4.78 is 0. The van der Waals surface area contributed by atoms with Gasteiger partial charge in [0, 0.05) is 31.9 Å². The average Bonchev–Trinajstić information content (AvgIpc) is 2.67. The second kappa shape index (κ2) is 9.02. The number of anilines is 1. The van der Waals surface area contributed by atoms with Gasteiger partial charge < -0.3 is 10.2 Å². The second-order valence-electron chi connectivity index (χ2n) is 7.63. The molecule has 0 spiro atoms. The lowest BCUT2D eigenvalue weighted by atomic mass is 10.1. The van der Waals surface area contributed by atoms with Gasteiger partial charge in [-0.25, -0.2) is 0 Å². The highest BCUT2D eigenvalue weighted by Gasteiger charge is 2.22. The number of hydrogen-bond acceptors (Lipinski definition) is 3. The lowest BCUT2D eigenvalue weighted by Gasteiger charge is -2.34. The van der Waals surface area contributed by atoms with Crippen LogP contribution in [0.4, 0.5) is 5.69 Å². The van der Waals surface area contributed by atoms with Crippen molar-refractivity contribution in [2.45, 2.75) is 27.2 Å². The first-order valence-corrected chi connectivity index (χ1v) is 9.84. The molecule has 1 N–H and O–H groups in total. The van der Waals surface area contributed by atoms with Crippen molar-refractivity contribution in [3.8, 4) is 0 Å². The maximum Gasteiger partial charge on any atom is 0.238 e. The summed E-state index contributed by atoms with van der Waals surface area (Å²) in [7, 11) is 0. The number of para-hydroxylation sites is 1. The quantitative estimate of drug-likeness (QED) is 0.869. The fraction of sp³-hybridized carbons (Fsp3) is 0.391. The number of benzene rings is 2. The number of amides is 2. The third kappa shape index (κ3) is 5.20. The van der Waals surface area contributed by atoms with E-state index in [0.717, 1.165) is 35.5 Å². The summed E-state index contributed by atoms with van der Waals surface area (Å²) in [4.78, 5) is 29.0. The zero-order valence-electron chi connectivity index (χ0n) is 17.0. The van der Waals surface area contributed by atoms with Crippen molar-refractivity contribution >= 4 is 17.5 Å². The van der Waals surface area contributed by atoms with Crippen LogP contribution in [0.15, 0.2) is 42.5 Å². The van der Waals surface area contributed by atoms with E-state index >= 15 is 0 Å². The number of aryl methyl sites for hydroxylation is 3. The van der Waals surface area contributed by atoms with Crippen LogP contribution >= 0.6 is 0 Å². The van der Waals surface area contributed by atoms with Gasteiger partial charge in [-0.2, -0.15) is 0 Å². The predicted octanol–water partition coefficient (Wildman–Crippen LogP) is 2.94. The van der Waals surface area contributed by atoms with Crippen LogP contribution in [0, 0.1) is 20.8 Å². The summed E-state index contributed by atoms with van der Waals surface area (Å²) in [6, 6.07) is 14.1. The molecule has 3 rings (SSSR count). The van der Waals surface area contributed by atoms with Crippen LogP contribution in [0.5, 0.6) is 0 Å². The third-order valence-corrected chi connectivity index (χ3v) is 5.31. The Morgan fingerprint density at radius 2 is 1.50 bits per heavy atom. The first-order valence-electron chi connectivity index (χ1n) is 9.84. The number of rotatable bonds is 5. The zero-order valence-corrected chi connectivity index (χ0v) is 17.0. The molecule has 1 saturated heterocycles. The normalized spacial score (nSPS) is 14.8. The van der Waals surface area contributed by atoms with Crippen LogP contribution in [0.3, 0.4) is 0 Å². The molecule has 5 heteroatoms. The standard InChI is InChI=1S/C23H29N3O2/c1-17-7-9-20(10-8-17)15-22(28)26-13-11-25(12-14-26)16-21(27)24-23-18(2)5-4-6-19(23)3/h4-10H,11-16H2,1-3H3,(H,24,27). The fourth-order valence-corrected chi connectivity index (χ4v) is 3.54. The van der Waals surface area contributed by atoms with Gasteiger partial charge >= 0.3 is 0 Å². The average molecular weight is 380 g/mol. The van der Waals surface area contributed by atoms with Gasteiger partial charge in [-0.05, 0) is 37.5 Å². The van der Waals surface area contributed by atoms with Gasteiger partial charge in [0.25, 0.3) is 0 Å². The molecule has 2 amide bonds. The molecule has 1 aliphatic heterocycles. The van der Waals surface area contributed by atoms with E-state index < -0.39 is 0 Å². The van der Waals surface area contributed by atoms with Crippen molar-refractivity contribution in [1.82, 2.24) is 9.80 Å². The van der Waals surface area contributed by atoms with Gasteiger partial charge in [0.15, 0.2) is 0 Å². The summed E-state index contributed by atoms with van der Waals surface area (Å²) in [6.45, 7) is 9.18. The van der Waals surface area contributed by atoms with Crippen LogP contribution in [0.2, 0.25) is 0 Å². The van der Waals surface area contributed by atoms with Crippen LogP contribution in [0.1, 0.15) is 22.3 Å². The third-order valence-electron chi connectivity index (χ3n) is 5.31. The molecule has 0 aliphatic carbocycles. The van der Waals surface area contributed by atoms with Crippen LogP contribution < -0.4 is 5.32 Å². The van der Waals surface area contributed by atoms with Crippen molar-refractivity contribution in [2.24, 2.45) is 0 Å². The molecule has 0 aromatic heterocycles. The van der Waals surface area contributed by atoms with Crippen molar-refractivity contribution in [2.75, 3.05) is 38.0 Å². The molecule has 1 fully saturated rings. The molecule has 1 aliphatic rings. The molecule has 148 valence electrons. The Hall–Kier alpha value is -2.66. The van der Waals surface area contributed by atoms with E-state index in [1.54, 1.807) is 0 Å². The maximum absolute atomic E-state index is 12.5. The number of carbonyl (C=O) groups excluding carboxylic acids is 2. The molecule has 0 unspecified atom stereocenters. The minimum absolute atomic E-state index is 0.00293. The van der Waals surface area contributed by atoms with Gasteiger partial charge in [0.05, 0.1) is 13.0 Å². The highest BCUT2D eigenvalue weighted by atomic mass is 16.2. The Morgan fingerprint density at radius 1 is 0.893 bits per heavy atom. The largest absolute Gasteiger partial charge is 0.340 e. The van der Waals surface area contributed by atoms with Crippen LogP contribution in [0.25, 0.3) is 0 Å². The lowest BCUT2D eigenvalue weighted by Crippen LogP contribution is -2.50. The molecule has 1 heterocycles. The summed E-state index contributed by atoms with van der Waals surface area (Å²) in [5, 5.41) is 3.04. The molecule has 2 aromatic carbocycles. The van der Waals surface area contributed by atoms with Crippen molar-refractivity contribution in [3.05, 3.63) is 64.7 Å². The van der Waals surface area contributed by atoms with Gasteiger partial charge in [0.2, 0.25) is 11.8 Å². The monoisotopic (exact) mass is 379 g/mol. The van der Waals surface area contributed by atoms with Crippen molar-refractivity contribution < 1.29 is 9.59 Å². The first-order chi connectivity index (χ1) is 13.4. The molecular formula is C23H29N3O2. The SMILES string of the molecule is Cc1ccc(CC(=O)N2CCN(CC(=O)Nc3c(C)cccc3C)CC2)cc1. The molecular weight excluding hydrogens is 350 g/mol. The highest BCUT2D eigenvalue weighted by molar-refractivity contribution is 5.93. The summed E-state index contributed by atoms with van der Waals surface area (Å²) >= 11 is 0. The van der Waals surface area contributed by atoms with Gasteiger partial charge in [-0.3, -0.25) is 14.5 Å². The summed E-state index contributed by atoms with van der Waals surface area (Å²) in [6.07, 6.45) is 0.438. The van der Waals surface area contributed by atoms with Crippen molar-refractivity contribution in [1.29, 1.82) is 0 Å². The Morgan fingerprint density at radius 3 is 2.11 bits per heavy atom. The van der Waals surface area contributed by atoms with Crippen molar-refractivity contribution in [3.63, 3.8) is 0 Å². The lowest BCUT2D eigenvalue weighted by molar-refractivity contribution is -0.132. The number of piperazine rings is 1. The topological polar surface area (TPSA) is 52.7 Å². The molecule has 0 bridgehead atoms. The van der Waals surface area contributed by atoms with Gasteiger partial charge in [-0.15, -0.1) is 0 Å². The second-order valence-corrected chi connectivity index (χ2v) is 7.63. The van der Waals surface area contributed by atoms with Crippen LogP contribution in [-0.2, 0) is 16.0 Å². The molecule has 28 heavy (non-hydrogen) atoms. The molecule has 0 atom stereocenters. The number of nitrogens with zero attached hydrogens (tertiary/aromatic N) is 2. The van der Waals surface area contributed by atoms with E-state index in [1.165, 1.54) is 5.56 Å². The van der Waals surface area contributed by atoms with E-state index in [-0.39, 0.29) is 11.8 Å². The smallest absolute Gasteiger partial charge is 0.238 e. The molecule has 0 radical (unpaired) electrons. The zero-order chi connectivity index (χ0) is 20.1. The van der Waals surface area contributed by atoms with E-state index in [1.807, 2.05) is 68.1 Å². The molecule has 0 saturated carbocycles. The Labute approximate surface area is 167 Å². The van der Waals surface area contributed by atoms with Gasteiger partial charge in [0.1, 0.15) is 0 Å². The fourth-order valence-electron chi connectivity index (χ4n) is 3.54. The van der Waals surface area contributed by atoms with Gasteiger partial charge in [-0.1, -0.05) is 48.0 Å². The molecule has 2 aromatic rings. The number of carbonyl (C=O) groups is 2. The first kappa shape index (κ1) is 20.1. The minimum Gasteiger partial charge on any atom is -0.340 e. The van der Waals surface area contributed by atoms with E-state index in [2.05, 4.69) is 10.2 Å². The Bertz CT molecular complexity index is 817. The number of nitrogens with one attached hydrogen (secondary N) is 1. The van der Waals surface area contributed by atoms with E-state index in [4.69, 9.17) is 0 Å². The highest BCUT2D eigenvalue weighted by Crippen LogP contribution is 2.19. The predicted molar refractivity (Wildman–Crippen MR) is 112 cm³/mol. The Balaban J connectivity index is 1.46. The maximum atomic E-state index is 12.5. The summed E-state index contributed by atoms with van der Waals surface area (Å²) in [5.74, 6) is 0.153. The van der Waals surface area contributed by atoms with E-state index in [0.29, 0.717) is 26.1 Å². The molecule has 5 nitrogen and oxygen atoms in total. The number of hydrogen-bond donors (Lipinski definition) is 1. The Kier molecular flexibility index (Phi) is 6.47.